The van der Waals surface area contributed by atoms with Crippen molar-refractivity contribution in [3.8, 4) is 0 Å². The van der Waals surface area contributed by atoms with E-state index < -0.39 is 10.8 Å². The first kappa shape index (κ1) is 20.7. The number of nitrogens with one attached hydrogen (secondary N) is 2. The second-order valence-corrected chi connectivity index (χ2v) is 9.33. The molecule has 0 aromatic heterocycles. The van der Waals surface area contributed by atoms with Crippen LogP contribution in [0.4, 0.5) is 0 Å². The summed E-state index contributed by atoms with van der Waals surface area (Å²) in [6.45, 7) is 10.6. The van der Waals surface area contributed by atoms with Crippen molar-refractivity contribution in [2.75, 3.05) is 31.9 Å². The highest BCUT2D eigenvalue weighted by molar-refractivity contribution is 7.85. The Kier molecular flexibility index (Phi) is 9.24. The van der Waals surface area contributed by atoms with Gasteiger partial charge in [0.05, 0.1) is 6.54 Å². The molecule has 2 rings (SSSR count). The summed E-state index contributed by atoms with van der Waals surface area (Å²) in [4.78, 5) is 7.48. The number of aliphatic imine (C=N–C) groups is 1. The number of rotatable bonds is 8. The summed E-state index contributed by atoms with van der Waals surface area (Å²) in [6.07, 6.45) is 8.26. The Morgan fingerprint density at radius 3 is 2.60 bits per heavy atom. The van der Waals surface area contributed by atoms with Crippen molar-refractivity contribution in [2.45, 2.75) is 83.1 Å². The van der Waals surface area contributed by atoms with Gasteiger partial charge in [-0.1, -0.05) is 20.3 Å². The lowest BCUT2D eigenvalue weighted by molar-refractivity contribution is 0.242. The first-order chi connectivity index (χ1) is 12.2. The standard InChI is InChI=1S/C19H38N4OS/c1-4-17(23-12-7-8-13-23)15-21-19(20-5-2)22-16-10-9-11-18(14-16)25(24)6-3/h16-18H,4-15H2,1-3H3,(H2,20,21,22). The number of nitrogens with zero attached hydrogens (tertiary/aromatic N) is 2. The van der Waals surface area contributed by atoms with Crippen molar-refractivity contribution in [1.29, 1.82) is 0 Å². The molecule has 2 fully saturated rings. The summed E-state index contributed by atoms with van der Waals surface area (Å²) in [5.41, 5.74) is 0. The molecule has 0 aromatic carbocycles. The van der Waals surface area contributed by atoms with Gasteiger partial charge >= 0.3 is 0 Å². The molecule has 1 aliphatic carbocycles. The molecule has 25 heavy (non-hydrogen) atoms. The molecule has 1 heterocycles. The SMILES string of the molecule is CCNC(=NCC(CC)N1CCCC1)NC1CCCC(S(=O)CC)C1. The molecule has 5 nitrogen and oxygen atoms in total. The third kappa shape index (κ3) is 6.55. The van der Waals surface area contributed by atoms with E-state index in [2.05, 4.69) is 29.4 Å². The monoisotopic (exact) mass is 370 g/mol. The molecule has 0 aromatic rings. The second-order valence-electron chi connectivity index (χ2n) is 7.32. The van der Waals surface area contributed by atoms with Gasteiger partial charge in [-0.05, 0) is 58.5 Å². The van der Waals surface area contributed by atoms with Gasteiger partial charge in [-0.3, -0.25) is 14.1 Å². The van der Waals surface area contributed by atoms with Gasteiger partial charge in [0, 0.05) is 40.4 Å². The molecule has 0 radical (unpaired) electrons. The zero-order chi connectivity index (χ0) is 18.1. The van der Waals surface area contributed by atoms with Crippen LogP contribution in [0.5, 0.6) is 0 Å². The van der Waals surface area contributed by atoms with Crippen LogP contribution in [-0.4, -0.2) is 64.3 Å². The smallest absolute Gasteiger partial charge is 0.191 e. The van der Waals surface area contributed by atoms with Crippen molar-refractivity contribution in [2.24, 2.45) is 4.99 Å². The van der Waals surface area contributed by atoms with Crippen molar-refractivity contribution in [3.05, 3.63) is 0 Å². The van der Waals surface area contributed by atoms with Crippen molar-refractivity contribution >= 4 is 16.8 Å². The van der Waals surface area contributed by atoms with E-state index in [9.17, 15) is 4.21 Å². The summed E-state index contributed by atoms with van der Waals surface area (Å²) in [7, 11) is -0.674. The highest BCUT2D eigenvalue weighted by Gasteiger charge is 2.26. The predicted molar refractivity (Wildman–Crippen MR) is 109 cm³/mol. The van der Waals surface area contributed by atoms with E-state index in [-0.39, 0.29) is 0 Å². The van der Waals surface area contributed by atoms with E-state index in [0.29, 0.717) is 17.3 Å². The van der Waals surface area contributed by atoms with E-state index in [1.54, 1.807) is 0 Å². The Balaban J connectivity index is 1.90. The number of hydrogen-bond donors (Lipinski definition) is 2. The van der Waals surface area contributed by atoms with Crippen LogP contribution in [0, 0.1) is 0 Å². The fourth-order valence-electron chi connectivity index (χ4n) is 4.07. The van der Waals surface area contributed by atoms with Crippen molar-refractivity contribution in [3.63, 3.8) is 0 Å². The number of guanidine groups is 1. The lowest BCUT2D eigenvalue weighted by Crippen LogP contribution is -2.47. The minimum Gasteiger partial charge on any atom is -0.357 e. The largest absolute Gasteiger partial charge is 0.357 e. The zero-order valence-electron chi connectivity index (χ0n) is 16.4. The predicted octanol–water partition coefficient (Wildman–Crippen LogP) is 2.50. The van der Waals surface area contributed by atoms with Crippen LogP contribution in [0.25, 0.3) is 0 Å². The van der Waals surface area contributed by atoms with Gasteiger partial charge in [0.2, 0.25) is 0 Å². The van der Waals surface area contributed by atoms with Crippen LogP contribution in [-0.2, 0) is 10.8 Å². The normalized spacial score (nSPS) is 27.9. The van der Waals surface area contributed by atoms with E-state index in [4.69, 9.17) is 4.99 Å². The molecule has 6 heteroatoms. The van der Waals surface area contributed by atoms with E-state index in [1.165, 1.54) is 32.4 Å². The fourth-order valence-corrected chi connectivity index (χ4v) is 5.42. The Hall–Kier alpha value is -0.620. The lowest BCUT2D eigenvalue weighted by Gasteiger charge is -2.30. The minimum absolute atomic E-state index is 0.354. The molecule has 0 bridgehead atoms. The molecule has 1 saturated heterocycles. The fraction of sp³-hybridized carbons (Fsp3) is 0.947. The molecule has 146 valence electrons. The van der Waals surface area contributed by atoms with Gasteiger partial charge in [0.1, 0.15) is 0 Å². The molecule has 4 atom stereocenters. The van der Waals surface area contributed by atoms with Crippen LogP contribution >= 0.6 is 0 Å². The topological polar surface area (TPSA) is 56.7 Å². The third-order valence-electron chi connectivity index (χ3n) is 5.56. The number of hydrogen-bond acceptors (Lipinski definition) is 3. The van der Waals surface area contributed by atoms with Crippen LogP contribution in [0.15, 0.2) is 4.99 Å². The van der Waals surface area contributed by atoms with Crippen molar-refractivity contribution < 1.29 is 4.21 Å². The first-order valence-corrected chi connectivity index (χ1v) is 11.7. The Bertz CT molecular complexity index is 437. The molecule has 0 spiro atoms. The average Bonchev–Trinajstić information content (AvgIpc) is 3.16. The summed E-state index contributed by atoms with van der Waals surface area (Å²) in [5, 5.41) is 7.38. The van der Waals surface area contributed by atoms with E-state index in [1.807, 2.05) is 6.92 Å². The zero-order valence-corrected chi connectivity index (χ0v) is 17.2. The van der Waals surface area contributed by atoms with Gasteiger partial charge in [-0.25, -0.2) is 0 Å². The highest BCUT2D eigenvalue weighted by Crippen LogP contribution is 2.23. The van der Waals surface area contributed by atoms with E-state index >= 15 is 0 Å². The average molecular weight is 371 g/mol. The Morgan fingerprint density at radius 2 is 1.96 bits per heavy atom. The lowest BCUT2D eigenvalue weighted by atomic mass is 9.95. The molecule has 4 unspecified atom stereocenters. The minimum atomic E-state index is -0.674. The van der Waals surface area contributed by atoms with Gasteiger partial charge < -0.3 is 10.6 Å². The molecule has 0 amide bonds. The maximum atomic E-state index is 12.2. The summed E-state index contributed by atoms with van der Waals surface area (Å²) < 4.78 is 12.2. The summed E-state index contributed by atoms with van der Waals surface area (Å²) in [5.74, 6) is 1.72. The number of likely N-dealkylation sites (tertiary alicyclic amines) is 1. The maximum absolute atomic E-state index is 12.2. The van der Waals surface area contributed by atoms with Gasteiger partial charge in [0.25, 0.3) is 0 Å². The van der Waals surface area contributed by atoms with Crippen LogP contribution in [0.2, 0.25) is 0 Å². The van der Waals surface area contributed by atoms with Crippen LogP contribution in [0.3, 0.4) is 0 Å². The second kappa shape index (κ2) is 11.2. The summed E-state index contributed by atoms with van der Waals surface area (Å²) in [6, 6.07) is 0.962. The van der Waals surface area contributed by atoms with Crippen LogP contribution in [0.1, 0.15) is 65.7 Å². The molecule has 1 saturated carbocycles. The molecular weight excluding hydrogens is 332 g/mol. The van der Waals surface area contributed by atoms with E-state index in [0.717, 1.165) is 50.5 Å². The summed E-state index contributed by atoms with van der Waals surface area (Å²) >= 11 is 0. The highest BCUT2D eigenvalue weighted by atomic mass is 32.2. The molecule has 2 N–H and O–H groups in total. The van der Waals surface area contributed by atoms with Crippen molar-refractivity contribution in [1.82, 2.24) is 15.5 Å². The third-order valence-corrected chi connectivity index (χ3v) is 7.30. The first-order valence-electron chi connectivity index (χ1n) is 10.3. The van der Waals surface area contributed by atoms with Crippen LogP contribution < -0.4 is 10.6 Å². The Morgan fingerprint density at radius 1 is 1.20 bits per heavy atom. The molecule has 2 aliphatic rings. The molecular formula is C19H38N4OS. The van der Waals surface area contributed by atoms with Gasteiger partial charge in [-0.2, -0.15) is 0 Å². The molecule has 1 aliphatic heterocycles. The Labute approximate surface area is 156 Å². The van der Waals surface area contributed by atoms with Gasteiger partial charge in [-0.15, -0.1) is 0 Å². The quantitative estimate of drug-likeness (QED) is 0.509. The van der Waals surface area contributed by atoms with Gasteiger partial charge in [0.15, 0.2) is 5.96 Å². The maximum Gasteiger partial charge on any atom is 0.191 e.